The fraction of sp³-hybridized carbons (Fsp3) is 0.320. The third kappa shape index (κ3) is 3.43. The molecule has 1 saturated carbocycles. The molecule has 1 fully saturated rings. The van der Waals surface area contributed by atoms with Crippen molar-refractivity contribution >= 4 is 28.7 Å². The minimum Gasteiger partial charge on any atom is -0.459 e. The maximum atomic E-state index is 13.1. The van der Waals surface area contributed by atoms with Crippen molar-refractivity contribution in [3.8, 4) is 0 Å². The molecule has 2 aliphatic rings. The molecule has 2 unspecified atom stereocenters. The van der Waals surface area contributed by atoms with Gasteiger partial charge in [-0.05, 0) is 43.5 Å². The lowest BCUT2D eigenvalue weighted by Gasteiger charge is -2.26. The molecule has 32 heavy (non-hydrogen) atoms. The van der Waals surface area contributed by atoms with Crippen molar-refractivity contribution in [1.29, 1.82) is 0 Å². The molecule has 5 rings (SSSR count). The van der Waals surface area contributed by atoms with Gasteiger partial charge in [-0.2, -0.15) is 0 Å². The van der Waals surface area contributed by atoms with Crippen molar-refractivity contribution < 1.29 is 18.8 Å². The Morgan fingerprint density at radius 1 is 1.16 bits per heavy atom. The van der Waals surface area contributed by atoms with E-state index in [1.165, 1.54) is 0 Å². The van der Waals surface area contributed by atoms with Gasteiger partial charge in [0, 0.05) is 24.0 Å². The smallest absolute Gasteiger partial charge is 0.255 e. The van der Waals surface area contributed by atoms with Crippen LogP contribution in [0.15, 0.2) is 59.0 Å². The second-order valence-corrected chi connectivity index (χ2v) is 8.52. The number of para-hydroxylation sites is 1. The number of fused-ring (bicyclic) bond motifs is 2. The summed E-state index contributed by atoms with van der Waals surface area (Å²) in [5.41, 5.74) is 2.05. The molecule has 2 atom stereocenters. The van der Waals surface area contributed by atoms with Crippen molar-refractivity contribution in [2.75, 3.05) is 13.6 Å². The van der Waals surface area contributed by atoms with Crippen LogP contribution < -0.4 is 5.32 Å². The van der Waals surface area contributed by atoms with Gasteiger partial charge in [-0.15, -0.1) is 0 Å². The lowest BCUT2D eigenvalue weighted by atomic mass is 10.0. The summed E-state index contributed by atoms with van der Waals surface area (Å²) in [5, 5.41) is 3.74. The summed E-state index contributed by atoms with van der Waals surface area (Å²) in [6, 6.07) is 16.0. The van der Waals surface area contributed by atoms with Crippen LogP contribution in [0.5, 0.6) is 0 Å². The average Bonchev–Trinajstić information content (AvgIpc) is 3.48. The number of hydrogen-bond acceptors (Lipinski definition) is 4. The molecule has 1 N–H and O–H groups in total. The van der Waals surface area contributed by atoms with Gasteiger partial charge >= 0.3 is 0 Å². The van der Waals surface area contributed by atoms with Gasteiger partial charge < -0.3 is 19.5 Å². The quantitative estimate of drug-likeness (QED) is 0.648. The number of amides is 3. The van der Waals surface area contributed by atoms with Crippen LogP contribution in [0.25, 0.3) is 11.0 Å². The molecule has 0 radical (unpaired) electrons. The largest absolute Gasteiger partial charge is 0.459 e. The third-order valence-corrected chi connectivity index (χ3v) is 6.43. The van der Waals surface area contributed by atoms with Crippen LogP contribution in [0.3, 0.4) is 0 Å². The Bertz CT molecular complexity index is 1180. The normalized spacial score (nSPS) is 18.5. The molecule has 1 aromatic heterocycles. The van der Waals surface area contributed by atoms with Gasteiger partial charge in [-0.1, -0.05) is 36.4 Å². The molecule has 7 nitrogen and oxygen atoms in total. The third-order valence-electron chi connectivity index (χ3n) is 6.43. The van der Waals surface area contributed by atoms with Crippen molar-refractivity contribution in [3.63, 3.8) is 0 Å². The first kappa shape index (κ1) is 20.3. The molecule has 1 aliphatic carbocycles. The number of nitrogens with one attached hydrogen (secondary N) is 1. The highest BCUT2D eigenvalue weighted by atomic mass is 16.3. The number of likely N-dealkylation sites (N-methyl/N-ethyl adjacent to an activating group) is 1. The van der Waals surface area contributed by atoms with Crippen LogP contribution >= 0.6 is 0 Å². The number of benzene rings is 2. The zero-order valence-electron chi connectivity index (χ0n) is 18.1. The minimum atomic E-state index is -0.683. The van der Waals surface area contributed by atoms with E-state index in [-0.39, 0.29) is 36.3 Å². The zero-order valence-corrected chi connectivity index (χ0v) is 18.1. The highest BCUT2D eigenvalue weighted by Gasteiger charge is 2.47. The maximum Gasteiger partial charge on any atom is 0.255 e. The second kappa shape index (κ2) is 7.82. The molecule has 0 spiro atoms. The number of rotatable bonds is 6. The Balaban J connectivity index is 1.27. The fourth-order valence-corrected chi connectivity index (χ4v) is 4.33. The van der Waals surface area contributed by atoms with Gasteiger partial charge in [0.15, 0.2) is 0 Å². The molecular formula is C25H25N3O4. The monoisotopic (exact) mass is 431 g/mol. The molecule has 7 heteroatoms. The zero-order chi connectivity index (χ0) is 22.4. The van der Waals surface area contributed by atoms with E-state index in [0.717, 1.165) is 23.8 Å². The number of carbonyl (C=O) groups excluding carboxylic acids is 3. The topological polar surface area (TPSA) is 82.9 Å². The highest BCUT2D eigenvalue weighted by molar-refractivity contribution is 6.05. The molecule has 3 aromatic rings. The van der Waals surface area contributed by atoms with Crippen LogP contribution in [0.2, 0.25) is 0 Å². The average molecular weight is 431 g/mol. The van der Waals surface area contributed by atoms with E-state index in [2.05, 4.69) is 5.32 Å². The van der Waals surface area contributed by atoms with Crippen LogP contribution in [-0.2, 0) is 9.59 Å². The standard InChI is InChI=1S/C25H25N3O4/c1-15(21-13-16-7-3-6-10-20(16)32-21)27(2)22(29)14-26-24(30)23-18-8-4-5-9-19(18)25(31)28(23)17-11-12-17/h3-10,13,15,17,23H,11-12,14H2,1-2H3,(H,26,30). The van der Waals surface area contributed by atoms with Gasteiger partial charge in [0.05, 0.1) is 12.6 Å². The van der Waals surface area contributed by atoms with E-state index in [9.17, 15) is 14.4 Å². The summed E-state index contributed by atoms with van der Waals surface area (Å²) in [6.45, 7) is 1.74. The van der Waals surface area contributed by atoms with Crippen LogP contribution in [0, 0.1) is 0 Å². The van der Waals surface area contributed by atoms with E-state index in [1.54, 1.807) is 29.0 Å². The van der Waals surface area contributed by atoms with E-state index in [1.807, 2.05) is 49.4 Å². The summed E-state index contributed by atoms with van der Waals surface area (Å²) in [7, 11) is 1.69. The Labute approximate surface area is 186 Å². The molecule has 1 aliphatic heterocycles. The van der Waals surface area contributed by atoms with Gasteiger partial charge in [-0.3, -0.25) is 14.4 Å². The number of furan rings is 1. The van der Waals surface area contributed by atoms with E-state index >= 15 is 0 Å². The van der Waals surface area contributed by atoms with Crippen molar-refractivity contribution in [2.24, 2.45) is 0 Å². The predicted molar refractivity (Wildman–Crippen MR) is 119 cm³/mol. The molecule has 164 valence electrons. The molecule has 0 bridgehead atoms. The van der Waals surface area contributed by atoms with Crippen molar-refractivity contribution in [3.05, 3.63) is 71.5 Å². The molecule has 0 saturated heterocycles. The van der Waals surface area contributed by atoms with Gasteiger partial charge in [-0.25, -0.2) is 0 Å². The predicted octanol–water partition coefficient (Wildman–Crippen LogP) is 3.43. The molecule has 3 amide bonds. The minimum absolute atomic E-state index is 0.0946. The second-order valence-electron chi connectivity index (χ2n) is 8.52. The molecule has 2 heterocycles. The van der Waals surface area contributed by atoms with Gasteiger partial charge in [0.25, 0.3) is 5.91 Å². The first-order chi connectivity index (χ1) is 15.5. The summed E-state index contributed by atoms with van der Waals surface area (Å²) in [5.74, 6) is 0.0176. The van der Waals surface area contributed by atoms with E-state index in [0.29, 0.717) is 16.9 Å². The maximum absolute atomic E-state index is 13.1. The Morgan fingerprint density at radius 2 is 1.88 bits per heavy atom. The molecule has 2 aromatic carbocycles. The molecular weight excluding hydrogens is 406 g/mol. The first-order valence-corrected chi connectivity index (χ1v) is 10.9. The highest BCUT2D eigenvalue weighted by Crippen LogP contribution is 2.41. The Morgan fingerprint density at radius 3 is 2.62 bits per heavy atom. The van der Waals surface area contributed by atoms with Crippen LogP contribution in [-0.4, -0.2) is 47.2 Å². The summed E-state index contributed by atoms with van der Waals surface area (Å²) in [6.07, 6.45) is 1.81. The number of hydrogen-bond donors (Lipinski definition) is 1. The summed E-state index contributed by atoms with van der Waals surface area (Å²) < 4.78 is 5.88. The summed E-state index contributed by atoms with van der Waals surface area (Å²) >= 11 is 0. The first-order valence-electron chi connectivity index (χ1n) is 10.9. The van der Waals surface area contributed by atoms with E-state index < -0.39 is 6.04 Å². The number of nitrogens with zero attached hydrogens (tertiary/aromatic N) is 2. The van der Waals surface area contributed by atoms with Crippen LogP contribution in [0.1, 0.15) is 53.5 Å². The van der Waals surface area contributed by atoms with E-state index in [4.69, 9.17) is 4.42 Å². The number of carbonyl (C=O) groups is 3. The van der Waals surface area contributed by atoms with Crippen LogP contribution in [0.4, 0.5) is 0 Å². The van der Waals surface area contributed by atoms with Gasteiger partial charge in [0.2, 0.25) is 11.8 Å². The Kier molecular flexibility index (Phi) is 4.96. The van der Waals surface area contributed by atoms with Gasteiger partial charge in [0.1, 0.15) is 17.4 Å². The fourth-order valence-electron chi connectivity index (χ4n) is 4.33. The summed E-state index contributed by atoms with van der Waals surface area (Å²) in [4.78, 5) is 42.0. The van der Waals surface area contributed by atoms with Crippen molar-refractivity contribution in [1.82, 2.24) is 15.1 Å². The van der Waals surface area contributed by atoms with Crippen molar-refractivity contribution in [2.45, 2.75) is 37.9 Å². The SMILES string of the molecule is CC(c1cc2ccccc2o1)N(C)C(=O)CNC(=O)C1c2ccccc2C(=O)N1C1CC1. The lowest BCUT2D eigenvalue weighted by molar-refractivity contribution is -0.134. The Hall–Kier alpha value is -3.61. The lowest BCUT2D eigenvalue weighted by Crippen LogP contribution is -2.44.